The second kappa shape index (κ2) is 7.53. The van der Waals surface area contributed by atoms with E-state index in [4.69, 9.17) is 4.74 Å². The molecule has 1 aliphatic carbocycles. The number of amides is 2. The molecule has 5 heteroatoms. The maximum absolute atomic E-state index is 13.0. The van der Waals surface area contributed by atoms with Crippen LogP contribution < -0.4 is 4.74 Å². The summed E-state index contributed by atoms with van der Waals surface area (Å²) in [5.74, 6) is 2.23. The van der Waals surface area contributed by atoms with Gasteiger partial charge in [-0.15, -0.1) is 0 Å². The number of carbonyl (C=O) groups is 2. The number of ether oxygens (including phenoxy) is 1. The van der Waals surface area contributed by atoms with Gasteiger partial charge in [0.05, 0.1) is 13.2 Å². The van der Waals surface area contributed by atoms with Gasteiger partial charge in [-0.05, 0) is 30.5 Å². The molecule has 3 aliphatic rings. The number of carbonyl (C=O) groups excluding carboxylic acids is 2. The molecule has 146 valence electrons. The zero-order chi connectivity index (χ0) is 19.0. The lowest BCUT2D eigenvalue weighted by Gasteiger charge is -2.31. The van der Waals surface area contributed by atoms with E-state index < -0.39 is 0 Å². The smallest absolute Gasteiger partial charge is 0.225 e. The van der Waals surface area contributed by atoms with Crippen LogP contribution in [0.5, 0.6) is 5.75 Å². The van der Waals surface area contributed by atoms with E-state index in [1.807, 2.05) is 17.0 Å². The van der Waals surface area contributed by atoms with Crippen molar-refractivity contribution in [2.75, 3.05) is 26.7 Å². The molecule has 1 aromatic carbocycles. The van der Waals surface area contributed by atoms with Crippen LogP contribution in [0.25, 0.3) is 0 Å². The van der Waals surface area contributed by atoms with Crippen molar-refractivity contribution in [1.29, 1.82) is 0 Å². The van der Waals surface area contributed by atoms with Crippen LogP contribution in [0.15, 0.2) is 24.3 Å². The summed E-state index contributed by atoms with van der Waals surface area (Å²) in [7, 11) is 1.66. The Morgan fingerprint density at radius 2 is 1.70 bits per heavy atom. The fourth-order valence-electron chi connectivity index (χ4n) is 5.39. The third-order valence-electron chi connectivity index (χ3n) is 6.79. The minimum atomic E-state index is 0.0579. The highest BCUT2D eigenvalue weighted by Crippen LogP contribution is 2.45. The molecule has 2 heterocycles. The Morgan fingerprint density at radius 1 is 1.00 bits per heavy atom. The van der Waals surface area contributed by atoms with Crippen molar-refractivity contribution < 1.29 is 14.3 Å². The lowest BCUT2D eigenvalue weighted by Crippen LogP contribution is -2.39. The molecular weight excluding hydrogens is 340 g/mol. The first-order valence-electron chi connectivity index (χ1n) is 10.3. The van der Waals surface area contributed by atoms with Crippen molar-refractivity contribution in [1.82, 2.24) is 9.80 Å². The van der Waals surface area contributed by atoms with Crippen LogP contribution in [-0.4, -0.2) is 48.4 Å². The van der Waals surface area contributed by atoms with Crippen LogP contribution in [0.2, 0.25) is 0 Å². The van der Waals surface area contributed by atoms with Gasteiger partial charge in [-0.1, -0.05) is 31.4 Å². The van der Waals surface area contributed by atoms with Crippen molar-refractivity contribution >= 4 is 11.8 Å². The molecule has 1 saturated carbocycles. The monoisotopic (exact) mass is 370 g/mol. The highest BCUT2D eigenvalue weighted by molar-refractivity contribution is 5.79. The summed E-state index contributed by atoms with van der Waals surface area (Å²) in [5, 5.41) is 0. The molecule has 0 N–H and O–H groups in total. The van der Waals surface area contributed by atoms with Crippen molar-refractivity contribution in [2.45, 2.75) is 45.1 Å². The van der Waals surface area contributed by atoms with Gasteiger partial charge in [0.2, 0.25) is 11.8 Å². The molecule has 4 rings (SSSR count). The normalized spacial score (nSPS) is 28.3. The van der Waals surface area contributed by atoms with Crippen molar-refractivity contribution in [3.63, 3.8) is 0 Å². The molecule has 0 spiro atoms. The van der Waals surface area contributed by atoms with Gasteiger partial charge in [0.1, 0.15) is 5.75 Å². The average molecular weight is 370 g/mol. The number of nitrogens with zero attached hydrogens (tertiary/aromatic N) is 2. The molecule has 0 bridgehead atoms. The quantitative estimate of drug-likeness (QED) is 0.821. The molecule has 27 heavy (non-hydrogen) atoms. The van der Waals surface area contributed by atoms with Crippen LogP contribution in [0, 0.1) is 17.8 Å². The number of rotatable bonds is 3. The van der Waals surface area contributed by atoms with E-state index in [0.717, 1.165) is 43.8 Å². The van der Waals surface area contributed by atoms with E-state index in [1.54, 1.807) is 14.0 Å². The van der Waals surface area contributed by atoms with Gasteiger partial charge in [-0.3, -0.25) is 9.59 Å². The van der Waals surface area contributed by atoms with E-state index in [0.29, 0.717) is 17.7 Å². The lowest BCUT2D eigenvalue weighted by atomic mass is 9.88. The predicted molar refractivity (Wildman–Crippen MR) is 103 cm³/mol. The average Bonchev–Trinajstić information content (AvgIpc) is 3.26. The van der Waals surface area contributed by atoms with E-state index in [9.17, 15) is 9.59 Å². The third-order valence-corrected chi connectivity index (χ3v) is 6.79. The number of methoxy groups -OCH3 is 1. The van der Waals surface area contributed by atoms with Crippen molar-refractivity contribution in [2.24, 2.45) is 17.8 Å². The van der Waals surface area contributed by atoms with Crippen LogP contribution in [-0.2, 0) is 9.59 Å². The van der Waals surface area contributed by atoms with Gasteiger partial charge in [0.25, 0.3) is 0 Å². The number of likely N-dealkylation sites (tertiary alicyclic amines) is 2. The Bertz CT molecular complexity index is 696. The summed E-state index contributed by atoms with van der Waals surface area (Å²) in [6, 6.07) is 8.10. The zero-order valence-electron chi connectivity index (χ0n) is 16.4. The fraction of sp³-hybridized carbons (Fsp3) is 0.636. The molecule has 0 radical (unpaired) electrons. The van der Waals surface area contributed by atoms with E-state index in [-0.39, 0.29) is 17.9 Å². The SMILES string of the molecule is COc1ccc([C@H]2[C@@H]3CN(C(=O)C4CCCCC4)C[C@@H]3CN2C(C)=O)cc1. The van der Waals surface area contributed by atoms with E-state index in [2.05, 4.69) is 17.0 Å². The summed E-state index contributed by atoms with van der Waals surface area (Å²) in [6.07, 6.45) is 5.73. The molecule has 2 saturated heterocycles. The Balaban J connectivity index is 1.53. The van der Waals surface area contributed by atoms with Gasteiger partial charge in [-0.2, -0.15) is 0 Å². The van der Waals surface area contributed by atoms with E-state index >= 15 is 0 Å². The van der Waals surface area contributed by atoms with E-state index in [1.165, 1.54) is 19.3 Å². The molecule has 3 atom stereocenters. The summed E-state index contributed by atoms with van der Waals surface area (Å²) in [4.78, 5) is 29.4. The van der Waals surface area contributed by atoms with Crippen LogP contribution >= 0.6 is 0 Å². The first kappa shape index (κ1) is 18.3. The molecule has 2 amide bonds. The zero-order valence-corrected chi connectivity index (χ0v) is 16.4. The molecule has 3 fully saturated rings. The maximum atomic E-state index is 13.0. The summed E-state index contributed by atoms with van der Waals surface area (Å²) >= 11 is 0. The van der Waals surface area contributed by atoms with Crippen LogP contribution in [0.1, 0.15) is 50.6 Å². The maximum Gasteiger partial charge on any atom is 0.225 e. The first-order chi connectivity index (χ1) is 13.1. The third kappa shape index (κ3) is 3.44. The minimum Gasteiger partial charge on any atom is -0.497 e. The molecule has 5 nitrogen and oxygen atoms in total. The number of hydrogen-bond donors (Lipinski definition) is 0. The Labute approximate surface area is 161 Å². The standard InChI is InChI=1S/C22H30N2O3/c1-15(25)24-13-18-12-23(22(26)17-6-4-3-5-7-17)14-20(18)21(24)16-8-10-19(27-2)11-9-16/h8-11,17-18,20-21H,3-7,12-14H2,1-2H3/t18-,20-,21+/m1/s1. The molecular formula is C22H30N2O3. The van der Waals surface area contributed by atoms with Crippen LogP contribution in [0.4, 0.5) is 0 Å². The molecule has 0 unspecified atom stereocenters. The lowest BCUT2D eigenvalue weighted by molar-refractivity contribution is -0.136. The van der Waals surface area contributed by atoms with Crippen molar-refractivity contribution in [3.8, 4) is 5.75 Å². The largest absolute Gasteiger partial charge is 0.497 e. The number of hydrogen-bond acceptors (Lipinski definition) is 3. The number of fused-ring (bicyclic) bond motifs is 1. The molecule has 2 aliphatic heterocycles. The highest BCUT2D eigenvalue weighted by atomic mass is 16.5. The first-order valence-corrected chi connectivity index (χ1v) is 10.3. The molecule has 0 aromatic heterocycles. The second-order valence-corrected chi connectivity index (χ2v) is 8.39. The van der Waals surface area contributed by atoms with Crippen molar-refractivity contribution in [3.05, 3.63) is 29.8 Å². The summed E-state index contributed by atoms with van der Waals surface area (Å²) in [6.45, 7) is 3.99. The van der Waals surface area contributed by atoms with Crippen LogP contribution in [0.3, 0.4) is 0 Å². The Hall–Kier alpha value is -2.04. The molecule has 1 aromatic rings. The Morgan fingerprint density at radius 3 is 2.33 bits per heavy atom. The minimum absolute atomic E-state index is 0.0579. The topological polar surface area (TPSA) is 49.9 Å². The van der Waals surface area contributed by atoms with Gasteiger partial charge < -0.3 is 14.5 Å². The number of benzene rings is 1. The fourth-order valence-corrected chi connectivity index (χ4v) is 5.39. The Kier molecular flexibility index (Phi) is 5.11. The summed E-state index contributed by atoms with van der Waals surface area (Å²) in [5.41, 5.74) is 1.14. The second-order valence-electron chi connectivity index (χ2n) is 8.39. The summed E-state index contributed by atoms with van der Waals surface area (Å²) < 4.78 is 5.27. The highest BCUT2D eigenvalue weighted by Gasteiger charge is 2.49. The van der Waals surface area contributed by atoms with Gasteiger partial charge in [0, 0.05) is 44.3 Å². The van der Waals surface area contributed by atoms with Gasteiger partial charge >= 0.3 is 0 Å². The van der Waals surface area contributed by atoms with Gasteiger partial charge in [0.15, 0.2) is 0 Å². The predicted octanol–water partition coefficient (Wildman–Crippen LogP) is 3.25. The van der Waals surface area contributed by atoms with Gasteiger partial charge in [-0.25, -0.2) is 0 Å².